The first-order valence-electron chi connectivity index (χ1n) is 4.20. The number of rotatable bonds is 0. The van der Waals surface area contributed by atoms with Gasteiger partial charge in [-0.15, -0.1) is 0 Å². The normalized spacial score (nSPS) is 14.4. The van der Waals surface area contributed by atoms with Crippen molar-refractivity contribution in [2.24, 2.45) is 5.73 Å². The van der Waals surface area contributed by atoms with Crippen molar-refractivity contribution in [2.45, 2.75) is 0 Å². The van der Waals surface area contributed by atoms with E-state index in [4.69, 9.17) is 17.3 Å². The van der Waals surface area contributed by atoms with Gasteiger partial charge in [0.2, 0.25) is 0 Å². The zero-order chi connectivity index (χ0) is 11.9. The van der Waals surface area contributed by atoms with E-state index < -0.39 is 18.0 Å². The van der Waals surface area contributed by atoms with E-state index in [-0.39, 0.29) is 16.3 Å². The third kappa shape index (κ3) is 1.49. The molecule has 1 radical (unpaired) electrons. The van der Waals surface area contributed by atoms with Crippen molar-refractivity contribution >= 4 is 35.3 Å². The summed E-state index contributed by atoms with van der Waals surface area (Å²) in [5.41, 5.74) is 5.19. The number of nitrogens with zero attached hydrogens (tertiary/aromatic N) is 2. The quantitative estimate of drug-likeness (QED) is 0.733. The summed E-state index contributed by atoms with van der Waals surface area (Å²) in [6.07, 6.45) is 0. The third-order valence-electron chi connectivity index (χ3n) is 2.04. The largest absolute Gasteiger partial charge is 0.359 e. The maximum Gasteiger partial charge on any atom is 0.359 e. The first kappa shape index (κ1) is 10.4. The van der Waals surface area contributed by atoms with Crippen molar-refractivity contribution < 1.29 is 14.4 Å². The van der Waals surface area contributed by atoms with Gasteiger partial charge in [0.1, 0.15) is 0 Å². The number of hydrogen-bond acceptors (Lipinski definition) is 3. The molecule has 81 valence electrons. The molecular weight excluding hydrogens is 234 g/mol. The number of anilines is 1. The second kappa shape index (κ2) is 3.49. The van der Waals surface area contributed by atoms with Gasteiger partial charge >= 0.3 is 12.1 Å². The van der Waals surface area contributed by atoms with E-state index in [0.29, 0.717) is 4.90 Å². The third-order valence-corrected chi connectivity index (χ3v) is 2.28. The molecule has 0 aliphatic carbocycles. The van der Waals surface area contributed by atoms with E-state index in [1.165, 1.54) is 18.2 Å². The number of primary amides is 1. The molecule has 0 aromatic heterocycles. The lowest BCUT2D eigenvalue weighted by atomic mass is 10.1. The number of imide groups is 2. The van der Waals surface area contributed by atoms with Crippen LogP contribution in [0, 0.1) is 0 Å². The minimum atomic E-state index is -1.01. The van der Waals surface area contributed by atoms with E-state index in [9.17, 15) is 14.4 Å². The molecule has 1 aliphatic rings. The average Bonchev–Trinajstić information content (AvgIpc) is 2.15. The number of carbonyl (C=O) groups is 3. The number of nitrogens with two attached hydrogens (primary N) is 1. The van der Waals surface area contributed by atoms with Gasteiger partial charge in [-0.2, -0.15) is 5.32 Å². The fourth-order valence-corrected chi connectivity index (χ4v) is 1.55. The van der Waals surface area contributed by atoms with Crippen LogP contribution in [0.5, 0.6) is 0 Å². The SMILES string of the molecule is NC(=O)N1C(=O)[N]C(=O)c2ccc(Cl)cc21. The fourth-order valence-electron chi connectivity index (χ4n) is 1.38. The number of urea groups is 2. The van der Waals surface area contributed by atoms with Crippen LogP contribution in [0.1, 0.15) is 10.4 Å². The Morgan fingerprint density at radius 3 is 2.69 bits per heavy atom. The summed E-state index contributed by atoms with van der Waals surface area (Å²) in [4.78, 5) is 34.3. The maximum absolute atomic E-state index is 11.4. The van der Waals surface area contributed by atoms with Crippen LogP contribution in [0.25, 0.3) is 0 Å². The molecule has 0 saturated carbocycles. The highest BCUT2D eigenvalue weighted by Gasteiger charge is 2.34. The molecule has 5 amide bonds. The maximum atomic E-state index is 11.4. The van der Waals surface area contributed by atoms with E-state index in [0.717, 1.165) is 0 Å². The van der Waals surface area contributed by atoms with Gasteiger partial charge in [-0.3, -0.25) is 4.79 Å². The van der Waals surface area contributed by atoms with Crippen molar-refractivity contribution in [3.63, 3.8) is 0 Å². The van der Waals surface area contributed by atoms with E-state index in [2.05, 4.69) is 5.32 Å². The number of amides is 5. The molecule has 0 spiro atoms. The van der Waals surface area contributed by atoms with Gasteiger partial charge in [-0.25, -0.2) is 14.5 Å². The highest BCUT2D eigenvalue weighted by atomic mass is 35.5. The summed E-state index contributed by atoms with van der Waals surface area (Å²) < 4.78 is 0. The standard InChI is InChI=1S/C9H5ClN3O3/c10-4-1-2-5-6(3-4)13(8(11)15)9(16)12-7(5)14/h1-3H,(H2,11,15). The van der Waals surface area contributed by atoms with Crippen molar-refractivity contribution in [1.82, 2.24) is 5.32 Å². The number of hydrogen-bond donors (Lipinski definition) is 1. The molecular formula is C9H5ClN3O3. The molecule has 1 aromatic rings. The van der Waals surface area contributed by atoms with Crippen LogP contribution in [0.15, 0.2) is 18.2 Å². The van der Waals surface area contributed by atoms with Crippen LogP contribution in [0.3, 0.4) is 0 Å². The van der Waals surface area contributed by atoms with Gasteiger partial charge in [-0.1, -0.05) is 11.6 Å². The summed E-state index contributed by atoms with van der Waals surface area (Å²) in [5, 5.41) is 3.45. The lowest BCUT2D eigenvalue weighted by molar-refractivity contribution is 0.0958. The monoisotopic (exact) mass is 238 g/mol. The van der Waals surface area contributed by atoms with Gasteiger partial charge in [0.05, 0.1) is 11.3 Å². The second-order valence-corrected chi connectivity index (χ2v) is 3.47. The van der Waals surface area contributed by atoms with E-state index in [1.807, 2.05) is 0 Å². The summed E-state index contributed by atoms with van der Waals surface area (Å²) in [7, 11) is 0. The Bertz CT molecular complexity index is 515. The van der Waals surface area contributed by atoms with Gasteiger partial charge < -0.3 is 5.73 Å². The van der Waals surface area contributed by atoms with Gasteiger partial charge in [-0.05, 0) is 18.2 Å². The second-order valence-electron chi connectivity index (χ2n) is 3.03. The van der Waals surface area contributed by atoms with Crippen molar-refractivity contribution in [3.8, 4) is 0 Å². The van der Waals surface area contributed by atoms with Gasteiger partial charge in [0.25, 0.3) is 5.91 Å². The molecule has 2 rings (SSSR count). The zero-order valence-corrected chi connectivity index (χ0v) is 8.56. The summed E-state index contributed by atoms with van der Waals surface area (Å²) >= 11 is 5.71. The van der Waals surface area contributed by atoms with E-state index in [1.54, 1.807) is 0 Å². The Hall–Kier alpha value is -2.08. The molecule has 6 nitrogen and oxygen atoms in total. The predicted octanol–water partition coefficient (Wildman–Crippen LogP) is 1.10. The van der Waals surface area contributed by atoms with Gasteiger partial charge in [0.15, 0.2) is 0 Å². The smallest absolute Gasteiger partial charge is 0.351 e. The van der Waals surface area contributed by atoms with Crippen molar-refractivity contribution in [2.75, 3.05) is 4.90 Å². The molecule has 0 unspecified atom stereocenters. The van der Waals surface area contributed by atoms with Gasteiger partial charge in [0, 0.05) is 5.02 Å². The molecule has 1 aromatic carbocycles. The summed E-state index contributed by atoms with van der Waals surface area (Å²) in [6.45, 7) is 0. The predicted molar refractivity (Wildman–Crippen MR) is 55.4 cm³/mol. The van der Waals surface area contributed by atoms with E-state index >= 15 is 0 Å². The number of carbonyl (C=O) groups excluding carboxylic acids is 3. The molecule has 16 heavy (non-hydrogen) atoms. The molecule has 0 bridgehead atoms. The fraction of sp³-hybridized carbons (Fsp3) is 0. The minimum Gasteiger partial charge on any atom is -0.351 e. The Kier molecular flexibility index (Phi) is 2.28. The zero-order valence-electron chi connectivity index (χ0n) is 7.81. The molecule has 0 atom stereocenters. The number of benzene rings is 1. The molecule has 7 heteroatoms. The first-order chi connectivity index (χ1) is 7.50. The van der Waals surface area contributed by atoms with Crippen molar-refractivity contribution in [1.29, 1.82) is 0 Å². The Morgan fingerprint density at radius 2 is 2.06 bits per heavy atom. The lowest BCUT2D eigenvalue weighted by Gasteiger charge is -2.24. The highest BCUT2D eigenvalue weighted by Crippen LogP contribution is 2.28. The van der Waals surface area contributed by atoms with Crippen molar-refractivity contribution in [3.05, 3.63) is 28.8 Å². The van der Waals surface area contributed by atoms with Crippen LogP contribution in [-0.2, 0) is 0 Å². The highest BCUT2D eigenvalue weighted by molar-refractivity contribution is 6.32. The first-order valence-corrected chi connectivity index (χ1v) is 4.57. The summed E-state index contributed by atoms with van der Waals surface area (Å²) in [6, 6.07) is 2.14. The van der Waals surface area contributed by atoms with Crippen LogP contribution < -0.4 is 16.0 Å². The van der Waals surface area contributed by atoms with Crippen LogP contribution >= 0.6 is 11.6 Å². The Balaban J connectivity index is 2.65. The number of fused-ring (bicyclic) bond motifs is 1. The Morgan fingerprint density at radius 1 is 1.38 bits per heavy atom. The Labute approximate surface area is 95.0 Å². The topological polar surface area (TPSA) is 94.6 Å². The number of halogens is 1. The van der Waals surface area contributed by atoms with Crippen LogP contribution in [0.2, 0.25) is 5.02 Å². The molecule has 0 fully saturated rings. The summed E-state index contributed by atoms with van der Waals surface area (Å²) in [5.74, 6) is -0.714. The molecule has 0 saturated heterocycles. The van der Waals surface area contributed by atoms with Crippen LogP contribution in [0.4, 0.5) is 15.3 Å². The van der Waals surface area contributed by atoms with Crippen LogP contribution in [-0.4, -0.2) is 18.0 Å². The molecule has 1 heterocycles. The molecule has 1 aliphatic heterocycles. The minimum absolute atomic E-state index is 0.0602. The lowest BCUT2D eigenvalue weighted by Crippen LogP contribution is -2.49. The molecule has 2 N–H and O–H groups in total. The average molecular weight is 239 g/mol.